The second-order valence-electron chi connectivity index (χ2n) is 7.12. The summed E-state index contributed by atoms with van der Waals surface area (Å²) in [6.45, 7) is 3.46. The van der Waals surface area contributed by atoms with Crippen LogP contribution < -0.4 is 15.4 Å². The van der Waals surface area contributed by atoms with Crippen molar-refractivity contribution in [3.05, 3.63) is 59.1 Å². The van der Waals surface area contributed by atoms with E-state index >= 15 is 0 Å². The third kappa shape index (κ3) is 5.97. The fourth-order valence-corrected chi connectivity index (χ4v) is 3.03. The Hall–Kier alpha value is -3.06. The van der Waals surface area contributed by atoms with Gasteiger partial charge < -0.3 is 20.3 Å². The van der Waals surface area contributed by atoms with Gasteiger partial charge in [0.1, 0.15) is 11.8 Å². The Morgan fingerprint density at radius 1 is 1.07 bits per heavy atom. The number of amides is 3. The third-order valence-corrected chi connectivity index (χ3v) is 4.81. The van der Waals surface area contributed by atoms with Crippen molar-refractivity contribution in [2.75, 3.05) is 26.0 Å². The van der Waals surface area contributed by atoms with Gasteiger partial charge in [-0.15, -0.1) is 0 Å². The molecular weight excluding hydrogens is 406 g/mol. The van der Waals surface area contributed by atoms with Gasteiger partial charge in [-0.1, -0.05) is 49.7 Å². The molecule has 0 heterocycles. The largest absolute Gasteiger partial charge is 0.496 e. The molecule has 2 aromatic rings. The van der Waals surface area contributed by atoms with Crippen LogP contribution in [0, 0.1) is 5.92 Å². The second kappa shape index (κ2) is 10.6. The highest BCUT2D eigenvalue weighted by molar-refractivity contribution is 6.33. The van der Waals surface area contributed by atoms with E-state index in [9.17, 15) is 14.4 Å². The van der Waals surface area contributed by atoms with Gasteiger partial charge in [-0.3, -0.25) is 14.4 Å². The predicted octanol–water partition coefficient (Wildman–Crippen LogP) is 3.20. The lowest BCUT2D eigenvalue weighted by Crippen LogP contribution is -2.51. The SMILES string of the molecule is COc1ccccc1C(=O)NC(C(=O)N(C)CC(=O)Nc1ccccc1Cl)C(C)C. The Morgan fingerprint density at radius 2 is 1.70 bits per heavy atom. The van der Waals surface area contributed by atoms with Crippen LogP contribution in [0.4, 0.5) is 5.69 Å². The van der Waals surface area contributed by atoms with E-state index in [-0.39, 0.29) is 18.4 Å². The van der Waals surface area contributed by atoms with Crippen molar-refractivity contribution in [3.8, 4) is 5.75 Å². The number of nitrogens with one attached hydrogen (secondary N) is 2. The van der Waals surface area contributed by atoms with E-state index in [0.29, 0.717) is 22.0 Å². The Kier molecular flexibility index (Phi) is 8.24. The second-order valence-corrected chi connectivity index (χ2v) is 7.52. The molecule has 8 heteroatoms. The molecule has 0 aliphatic carbocycles. The molecule has 1 unspecified atom stereocenters. The van der Waals surface area contributed by atoms with Crippen molar-refractivity contribution in [1.29, 1.82) is 0 Å². The first-order valence-corrected chi connectivity index (χ1v) is 9.85. The van der Waals surface area contributed by atoms with Crippen molar-refractivity contribution >= 4 is 35.0 Å². The first kappa shape index (κ1) is 23.2. The van der Waals surface area contributed by atoms with Gasteiger partial charge in [0, 0.05) is 7.05 Å². The smallest absolute Gasteiger partial charge is 0.255 e. The average Bonchev–Trinajstić information content (AvgIpc) is 2.72. The van der Waals surface area contributed by atoms with E-state index in [4.69, 9.17) is 16.3 Å². The summed E-state index contributed by atoms with van der Waals surface area (Å²) in [7, 11) is 2.99. The van der Waals surface area contributed by atoms with Crippen LogP contribution in [0.1, 0.15) is 24.2 Å². The first-order chi connectivity index (χ1) is 14.2. The highest BCUT2D eigenvalue weighted by atomic mass is 35.5. The minimum Gasteiger partial charge on any atom is -0.496 e. The fraction of sp³-hybridized carbons (Fsp3) is 0.318. The zero-order chi connectivity index (χ0) is 22.3. The van der Waals surface area contributed by atoms with Gasteiger partial charge in [-0.05, 0) is 30.2 Å². The molecule has 2 rings (SSSR count). The zero-order valence-electron chi connectivity index (χ0n) is 17.4. The molecule has 0 spiro atoms. The van der Waals surface area contributed by atoms with E-state index < -0.39 is 17.9 Å². The number of anilines is 1. The lowest BCUT2D eigenvalue weighted by atomic mass is 10.0. The molecule has 1 atom stereocenters. The Morgan fingerprint density at radius 3 is 2.33 bits per heavy atom. The summed E-state index contributed by atoms with van der Waals surface area (Å²) in [4.78, 5) is 39.3. The van der Waals surface area contributed by atoms with Crippen molar-refractivity contribution in [2.45, 2.75) is 19.9 Å². The van der Waals surface area contributed by atoms with Crippen molar-refractivity contribution < 1.29 is 19.1 Å². The molecule has 2 aromatic carbocycles. The Labute approximate surface area is 181 Å². The molecule has 0 aliphatic heterocycles. The van der Waals surface area contributed by atoms with Crippen LogP contribution >= 0.6 is 11.6 Å². The van der Waals surface area contributed by atoms with Gasteiger partial charge in [0.05, 0.1) is 29.9 Å². The van der Waals surface area contributed by atoms with Crippen molar-refractivity contribution in [1.82, 2.24) is 10.2 Å². The molecule has 7 nitrogen and oxygen atoms in total. The van der Waals surface area contributed by atoms with Gasteiger partial charge in [0.25, 0.3) is 5.91 Å². The van der Waals surface area contributed by atoms with E-state index in [1.807, 2.05) is 13.8 Å². The quantitative estimate of drug-likeness (QED) is 0.671. The minimum atomic E-state index is -0.805. The molecular formula is C22H26ClN3O4. The minimum absolute atomic E-state index is 0.183. The van der Waals surface area contributed by atoms with Crippen LogP contribution in [0.5, 0.6) is 5.75 Å². The fourth-order valence-electron chi connectivity index (χ4n) is 2.85. The highest BCUT2D eigenvalue weighted by Crippen LogP contribution is 2.20. The van der Waals surface area contributed by atoms with Gasteiger partial charge in [-0.2, -0.15) is 0 Å². The maximum atomic E-state index is 12.9. The number of benzene rings is 2. The number of para-hydroxylation sites is 2. The normalized spacial score (nSPS) is 11.5. The number of nitrogens with zero attached hydrogens (tertiary/aromatic N) is 1. The zero-order valence-corrected chi connectivity index (χ0v) is 18.2. The molecule has 0 bridgehead atoms. The Balaban J connectivity index is 2.06. The van der Waals surface area contributed by atoms with E-state index in [1.54, 1.807) is 48.5 Å². The summed E-state index contributed by atoms with van der Waals surface area (Å²) in [6.07, 6.45) is 0. The number of hydrogen-bond acceptors (Lipinski definition) is 4. The molecule has 0 radical (unpaired) electrons. The Bertz CT molecular complexity index is 917. The van der Waals surface area contributed by atoms with Gasteiger partial charge >= 0.3 is 0 Å². The summed E-state index contributed by atoms with van der Waals surface area (Å²) < 4.78 is 5.22. The number of ether oxygens (including phenoxy) is 1. The standard InChI is InChI=1S/C22H26ClN3O4/c1-14(2)20(25-21(28)15-9-5-8-12-18(15)30-4)22(29)26(3)13-19(27)24-17-11-7-6-10-16(17)23/h5-12,14,20H,13H2,1-4H3,(H,24,27)(H,25,28). The molecule has 0 saturated heterocycles. The summed E-state index contributed by atoms with van der Waals surface area (Å²) in [5.74, 6) is -0.962. The number of rotatable bonds is 8. The number of carbonyl (C=O) groups excluding carboxylic acids is 3. The molecule has 0 fully saturated rings. The number of carbonyl (C=O) groups is 3. The summed E-state index contributed by atoms with van der Waals surface area (Å²) in [6, 6.07) is 12.8. The first-order valence-electron chi connectivity index (χ1n) is 9.47. The number of halogens is 1. The summed E-state index contributed by atoms with van der Waals surface area (Å²) >= 11 is 6.05. The number of likely N-dealkylation sites (N-methyl/N-ethyl adjacent to an activating group) is 1. The monoisotopic (exact) mass is 431 g/mol. The molecule has 0 aliphatic rings. The molecule has 0 saturated carbocycles. The van der Waals surface area contributed by atoms with E-state index in [0.717, 1.165) is 0 Å². The molecule has 0 aromatic heterocycles. The molecule has 2 N–H and O–H groups in total. The van der Waals surface area contributed by atoms with Gasteiger partial charge in [-0.25, -0.2) is 0 Å². The molecule has 30 heavy (non-hydrogen) atoms. The van der Waals surface area contributed by atoms with E-state index in [1.165, 1.54) is 19.1 Å². The van der Waals surface area contributed by atoms with E-state index in [2.05, 4.69) is 10.6 Å². The van der Waals surface area contributed by atoms with Gasteiger partial charge in [0.15, 0.2) is 0 Å². The average molecular weight is 432 g/mol. The summed E-state index contributed by atoms with van der Waals surface area (Å²) in [5, 5.41) is 5.84. The van der Waals surface area contributed by atoms with Crippen LogP contribution in [0.2, 0.25) is 5.02 Å². The van der Waals surface area contributed by atoms with Crippen LogP contribution in [-0.2, 0) is 9.59 Å². The van der Waals surface area contributed by atoms with Crippen LogP contribution in [0.25, 0.3) is 0 Å². The molecule has 160 valence electrons. The maximum absolute atomic E-state index is 12.9. The number of hydrogen-bond donors (Lipinski definition) is 2. The lowest BCUT2D eigenvalue weighted by Gasteiger charge is -2.27. The number of methoxy groups -OCH3 is 1. The maximum Gasteiger partial charge on any atom is 0.255 e. The third-order valence-electron chi connectivity index (χ3n) is 4.48. The molecule has 3 amide bonds. The van der Waals surface area contributed by atoms with Crippen molar-refractivity contribution in [2.24, 2.45) is 5.92 Å². The van der Waals surface area contributed by atoms with Crippen molar-refractivity contribution in [3.63, 3.8) is 0 Å². The summed E-state index contributed by atoms with van der Waals surface area (Å²) in [5.41, 5.74) is 0.799. The highest BCUT2D eigenvalue weighted by Gasteiger charge is 2.29. The lowest BCUT2D eigenvalue weighted by molar-refractivity contribution is -0.135. The van der Waals surface area contributed by atoms with Gasteiger partial charge in [0.2, 0.25) is 11.8 Å². The van der Waals surface area contributed by atoms with Crippen LogP contribution in [0.15, 0.2) is 48.5 Å². The predicted molar refractivity (Wildman–Crippen MR) is 117 cm³/mol. The van der Waals surface area contributed by atoms with Crippen LogP contribution in [-0.4, -0.2) is 49.4 Å². The van der Waals surface area contributed by atoms with Crippen LogP contribution in [0.3, 0.4) is 0 Å². The topological polar surface area (TPSA) is 87.7 Å².